The third kappa shape index (κ3) is 5.81. The van der Waals surface area contributed by atoms with E-state index in [0.29, 0.717) is 25.0 Å². The molecule has 1 aromatic carbocycles. The number of carbonyl (C=O) groups is 3. The number of aliphatic hydroxyl groups excluding tert-OH is 1. The Labute approximate surface area is 201 Å². The molecule has 3 amide bonds. The zero-order valence-corrected chi connectivity index (χ0v) is 19.3. The van der Waals surface area contributed by atoms with Crippen molar-refractivity contribution in [2.75, 3.05) is 32.8 Å². The molecular weight excluding hydrogens is 459 g/mol. The number of benzene rings is 1. The average Bonchev–Trinajstić information content (AvgIpc) is 2.84. The zero-order valence-electron chi connectivity index (χ0n) is 19.3. The predicted molar refractivity (Wildman–Crippen MR) is 126 cm³/mol. The van der Waals surface area contributed by atoms with Gasteiger partial charge >= 0.3 is 18.4 Å². The van der Waals surface area contributed by atoms with Gasteiger partial charge in [-0.25, -0.2) is 23.8 Å². The SMILES string of the molecule is CCOCCNC1=C(O)c2ncc(Cc3ccc(F)cc3)cc2[N+](C=O)(CCCNC(=O)O)C1=O. The van der Waals surface area contributed by atoms with Crippen LogP contribution in [0.15, 0.2) is 42.2 Å². The average molecular weight is 488 g/mol. The number of fused-ring (bicyclic) bond motifs is 1. The number of quaternary nitrogens is 1. The molecule has 1 aliphatic heterocycles. The van der Waals surface area contributed by atoms with E-state index in [2.05, 4.69) is 15.6 Å². The van der Waals surface area contributed by atoms with Crippen molar-refractivity contribution in [2.24, 2.45) is 0 Å². The lowest BCUT2D eigenvalue weighted by Crippen LogP contribution is -2.59. The zero-order chi connectivity index (χ0) is 25.4. The summed E-state index contributed by atoms with van der Waals surface area (Å²) >= 11 is 0. The number of nitrogens with zero attached hydrogens (tertiary/aromatic N) is 2. The molecule has 0 spiro atoms. The minimum atomic E-state index is -1.22. The molecule has 186 valence electrons. The molecule has 4 N–H and O–H groups in total. The number of rotatable bonds is 12. The Hall–Kier alpha value is -3.83. The number of nitrogens with one attached hydrogen (secondary N) is 2. The van der Waals surface area contributed by atoms with Gasteiger partial charge < -0.3 is 25.6 Å². The Morgan fingerprint density at radius 2 is 1.97 bits per heavy atom. The molecule has 1 atom stereocenters. The Balaban J connectivity index is 2.00. The lowest BCUT2D eigenvalue weighted by molar-refractivity contribution is -0.135. The van der Waals surface area contributed by atoms with Crippen LogP contribution in [0.4, 0.5) is 14.9 Å². The summed E-state index contributed by atoms with van der Waals surface area (Å²) in [4.78, 5) is 41.2. The summed E-state index contributed by atoms with van der Waals surface area (Å²) in [7, 11) is 0. The fourth-order valence-electron chi connectivity index (χ4n) is 3.90. The summed E-state index contributed by atoms with van der Waals surface area (Å²) in [5.74, 6) is -1.43. The number of pyridine rings is 1. The number of hydrogen-bond acceptors (Lipinski definition) is 7. The van der Waals surface area contributed by atoms with Crippen molar-refractivity contribution in [3.63, 3.8) is 0 Å². The van der Waals surface area contributed by atoms with Crippen LogP contribution in [0.5, 0.6) is 0 Å². The van der Waals surface area contributed by atoms with E-state index in [1.54, 1.807) is 18.2 Å². The van der Waals surface area contributed by atoms with E-state index in [9.17, 15) is 23.9 Å². The highest BCUT2D eigenvalue weighted by Gasteiger charge is 2.49. The van der Waals surface area contributed by atoms with E-state index < -0.39 is 16.5 Å². The first kappa shape index (κ1) is 25.8. The summed E-state index contributed by atoms with van der Waals surface area (Å²) in [6.07, 6.45) is 1.32. The van der Waals surface area contributed by atoms with Gasteiger partial charge in [-0.05, 0) is 36.6 Å². The first-order chi connectivity index (χ1) is 16.8. The molecule has 0 saturated heterocycles. The number of halogens is 1. The molecule has 3 rings (SSSR count). The van der Waals surface area contributed by atoms with Crippen LogP contribution in [0.3, 0.4) is 0 Å². The normalized spacial score (nSPS) is 17.1. The maximum Gasteiger partial charge on any atom is 0.404 e. The maximum atomic E-state index is 13.6. The molecule has 2 aromatic rings. The quantitative estimate of drug-likeness (QED) is 0.203. The smallest absolute Gasteiger partial charge is 0.404 e. The van der Waals surface area contributed by atoms with Crippen molar-refractivity contribution in [3.8, 4) is 0 Å². The van der Waals surface area contributed by atoms with Crippen molar-refractivity contribution in [2.45, 2.75) is 19.8 Å². The summed E-state index contributed by atoms with van der Waals surface area (Å²) < 4.78 is 17.7. The number of hydrogen-bond donors (Lipinski definition) is 4. The molecule has 11 heteroatoms. The van der Waals surface area contributed by atoms with E-state index in [4.69, 9.17) is 9.84 Å². The van der Waals surface area contributed by atoms with Crippen LogP contribution < -0.4 is 15.1 Å². The van der Waals surface area contributed by atoms with Crippen LogP contribution in [0.1, 0.15) is 30.2 Å². The van der Waals surface area contributed by atoms with Crippen molar-refractivity contribution in [1.29, 1.82) is 0 Å². The molecule has 2 heterocycles. The lowest BCUT2D eigenvalue weighted by atomic mass is 10.0. The van der Waals surface area contributed by atoms with Crippen LogP contribution in [-0.2, 0) is 20.7 Å². The largest absolute Gasteiger partial charge is 0.503 e. The third-order valence-corrected chi connectivity index (χ3v) is 5.61. The van der Waals surface area contributed by atoms with Crippen LogP contribution in [0.25, 0.3) is 5.76 Å². The van der Waals surface area contributed by atoms with Crippen LogP contribution >= 0.6 is 0 Å². The second-order valence-electron chi connectivity index (χ2n) is 7.95. The molecule has 0 fully saturated rings. The van der Waals surface area contributed by atoms with Gasteiger partial charge in [0.25, 0.3) is 0 Å². The molecule has 0 saturated carbocycles. The highest BCUT2D eigenvalue weighted by molar-refractivity contribution is 6.16. The molecule has 0 aliphatic carbocycles. The lowest BCUT2D eigenvalue weighted by Gasteiger charge is -2.34. The first-order valence-electron chi connectivity index (χ1n) is 11.2. The Morgan fingerprint density at radius 1 is 1.23 bits per heavy atom. The van der Waals surface area contributed by atoms with Gasteiger partial charge in [-0.2, -0.15) is 4.48 Å². The number of amides is 3. The Morgan fingerprint density at radius 3 is 2.63 bits per heavy atom. The van der Waals surface area contributed by atoms with Crippen molar-refractivity contribution in [1.82, 2.24) is 20.1 Å². The topological polar surface area (TPSA) is 138 Å². The van der Waals surface area contributed by atoms with Crippen LogP contribution in [0.2, 0.25) is 0 Å². The predicted octanol–water partition coefficient (Wildman–Crippen LogP) is 2.33. The van der Waals surface area contributed by atoms with Crippen molar-refractivity contribution in [3.05, 3.63) is 64.9 Å². The molecule has 0 radical (unpaired) electrons. The first-order valence-corrected chi connectivity index (χ1v) is 11.2. The number of carboxylic acid groups (broad SMARTS) is 1. The van der Waals surface area contributed by atoms with Gasteiger partial charge in [0, 0.05) is 38.4 Å². The Kier molecular flexibility index (Phi) is 8.50. The van der Waals surface area contributed by atoms with Crippen molar-refractivity contribution >= 4 is 29.9 Å². The molecule has 35 heavy (non-hydrogen) atoms. The standard InChI is InChI=1S/C24H27FN4O6/c1-2-35-11-9-26-21-22(31)20-19(29(15-30,23(21)32)10-3-8-27-24(33)34)13-17(14-28-20)12-16-4-6-18(25)7-5-16/h4-7,13-15,27H,2-3,8-12H2,1H3,(H2-,26,28,31,32,33,34)/p+1. The third-order valence-electron chi connectivity index (χ3n) is 5.61. The molecule has 10 nitrogen and oxygen atoms in total. The van der Waals surface area contributed by atoms with Gasteiger partial charge in [-0.15, -0.1) is 0 Å². The fraction of sp³-hybridized carbons (Fsp3) is 0.333. The summed E-state index contributed by atoms with van der Waals surface area (Å²) in [6, 6.07) is 7.53. The summed E-state index contributed by atoms with van der Waals surface area (Å²) in [5.41, 5.74) is 1.55. The van der Waals surface area contributed by atoms with Crippen molar-refractivity contribution < 1.29 is 33.7 Å². The van der Waals surface area contributed by atoms with E-state index in [1.165, 1.54) is 18.3 Å². The Bertz CT molecular complexity index is 1120. The molecule has 0 bridgehead atoms. The number of ether oxygens (including phenoxy) is 1. The maximum absolute atomic E-state index is 13.6. The monoisotopic (exact) mass is 487 g/mol. The molecule has 1 aliphatic rings. The van der Waals surface area contributed by atoms with Crippen LogP contribution in [0, 0.1) is 5.82 Å². The second-order valence-corrected chi connectivity index (χ2v) is 7.95. The number of aliphatic hydroxyl groups is 1. The molecule has 1 unspecified atom stereocenters. The fourth-order valence-corrected chi connectivity index (χ4v) is 3.90. The summed E-state index contributed by atoms with van der Waals surface area (Å²) in [5, 5.41) is 24.8. The van der Waals surface area contributed by atoms with Gasteiger partial charge in [0.2, 0.25) is 0 Å². The number of imide groups is 1. The highest BCUT2D eigenvalue weighted by atomic mass is 19.1. The van der Waals surface area contributed by atoms with Gasteiger partial charge in [0.15, 0.2) is 22.8 Å². The minimum absolute atomic E-state index is 0.0251. The molecule has 1 aromatic heterocycles. The van der Waals surface area contributed by atoms with E-state index in [0.717, 1.165) is 5.56 Å². The van der Waals surface area contributed by atoms with Gasteiger partial charge in [-0.3, -0.25) is 0 Å². The van der Waals surface area contributed by atoms with E-state index >= 15 is 0 Å². The van der Waals surface area contributed by atoms with E-state index in [1.807, 2.05) is 6.92 Å². The highest BCUT2D eigenvalue weighted by Crippen LogP contribution is 2.37. The van der Waals surface area contributed by atoms with E-state index in [-0.39, 0.29) is 61.3 Å². The number of aromatic nitrogens is 1. The van der Waals surface area contributed by atoms with Gasteiger partial charge in [0.1, 0.15) is 5.82 Å². The summed E-state index contributed by atoms with van der Waals surface area (Å²) in [6.45, 7) is 2.77. The minimum Gasteiger partial charge on any atom is -0.503 e. The van der Waals surface area contributed by atoms with Gasteiger partial charge in [-0.1, -0.05) is 12.1 Å². The molecular formula is C24H28FN4O6+. The van der Waals surface area contributed by atoms with Gasteiger partial charge in [0.05, 0.1) is 13.2 Å². The van der Waals surface area contributed by atoms with Crippen LogP contribution in [-0.4, -0.2) is 66.5 Å². The number of carbonyl (C=O) groups excluding carboxylic acids is 2. The second kappa shape index (κ2) is 11.5.